The van der Waals surface area contributed by atoms with Crippen LogP contribution >= 0.6 is 0 Å². The topological polar surface area (TPSA) is 56.5 Å². The van der Waals surface area contributed by atoms with Crippen LogP contribution in [-0.4, -0.2) is 38.8 Å². The minimum absolute atomic E-state index is 0.360. The van der Waals surface area contributed by atoms with E-state index < -0.39 is 12.7 Å². The number of hydrogen-bond donors (Lipinski definition) is 1. The Bertz CT molecular complexity index is 501. The summed E-state index contributed by atoms with van der Waals surface area (Å²) in [4.78, 5) is 0. The highest BCUT2D eigenvalue weighted by Crippen LogP contribution is 2.36. The molecule has 0 atom stereocenters. The third-order valence-electron chi connectivity index (χ3n) is 4.26. The van der Waals surface area contributed by atoms with Crippen molar-refractivity contribution in [1.82, 2.24) is 9.78 Å². The van der Waals surface area contributed by atoms with Crippen LogP contribution in [0.15, 0.2) is 6.20 Å². The second-order valence-corrected chi connectivity index (χ2v) is 7.48. The smallest absolute Gasteiger partial charge is 0.399 e. The molecule has 5 nitrogen and oxygen atoms in total. The first-order chi connectivity index (χ1) is 9.45. The fourth-order valence-corrected chi connectivity index (χ4v) is 2.40. The number of rotatable bonds is 4. The summed E-state index contributed by atoms with van der Waals surface area (Å²) < 4.78 is 14.0. The summed E-state index contributed by atoms with van der Waals surface area (Å²) in [7, 11) is -0.402. The Hall–Kier alpha value is -0.845. The van der Waals surface area contributed by atoms with Gasteiger partial charge in [0.25, 0.3) is 0 Å². The van der Waals surface area contributed by atoms with Gasteiger partial charge in [0.05, 0.1) is 29.0 Å². The van der Waals surface area contributed by atoms with Gasteiger partial charge in [-0.25, -0.2) is 0 Å². The van der Waals surface area contributed by atoms with Gasteiger partial charge in [-0.2, -0.15) is 5.10 Å². The average Bonchev–Trinajstić information content (AvgIpc) is 2.76. The molecule has 0 saturated carbocycles. The van der Waals surface area contributed by atoms with Crippen molar-refractivity contribution in [2.24, 2.45) is 0 Å². The second kappa shape index (κ2) is 5.11. The maximum Gasteiger partial charge on any atom is 0.498 e. The molecule has 0 aromatic carbocycles. The lowest BCUT2D eigenvalue weighted by Crippen LogP contribution is -2.41. The molecule has 0 aliphatic carbocycles. The lowest BCUT2D eigenvalue weighted by atomic mass is 9.79. The minimum atomic E-state index is -0.801. The van der Waals surface area contributed by atoms with E-state index in [2.05, 4.69) is 12.0 Å². The quantitative estimate of drug-likeness (QED) is 0.855. The van der Waals surface area contributed by atoms with Crippen molar-refractivity contribution >= 4 is 12.6 Å². The predicted octanol–water partition coefficient (Wildman–Crippen LogP) is 1.52. The van der Waals surface area contributed by atoms with E-state index in [1.165, 1.54) is 0 Å². The lowest BCUT2D eigenvalue weighted by Gasteiger charge is -2.32. The maximum atomic E-state index is 9.95. The van der Waals surface area contributed by atoms with E-state index in [4.69, 9.17) is 9.31 Å². The summed E-state index contributed by atoms with van der Waals surface area (Å²) in [6, 6.07) is 0. The molecule has 1 fully saturated rings. The van der Waals surface area contributed by atoms with Crippen molar-refractivity contribution in [2.45, 2.75) is 78.2 Å². The minimum Gasteiger partial charge on any atom is -0.399 e. The van der Waals surface area contributed by atoms with Crippen LogP contribution in [0.25, 0.3) is 0 Å². The van der Waals surface area contributed by atoms with Crippen LogP contribution in [0.5, 0.6) is 0 Å². The molecule has 0 spiro atoms. The highest BCUT2D eigenvalue weighted by molar-refractivity contribution is 6.62. The van der Waals surface area contributed by atoms with Crippen molar-refractivity contribution in [3.05, 3.63) is 11.9 Å². The second-order valence-electron chi connectivity index (χ2n) is 7.48. The predicted molar refractivity (Wildman–Crippen MR) is 83.6 cm³/mol. The number of aliphatic hydroxyl groups is 1. The molecule has 118 valence electrons. The summed E-state index contributed by atoms with van der Waals surface area (Å²) in [5.41, 5.74) is 0.393. The molecule has 21 heavy (non-hydrogen) atoms. The van der Waals surface area contributed by atoms with Gasteiger partial charge in [-0.05, 0) is 48.0 Å². The van der Waals surface area contributed by atoms with Gasteiger partial charge in [0.2, 0.25) is 0 Å². The molecule has 1 saturated heterocycles. The number of aromatic nitrogens is 2. The zero-order chi connectivity index (χ0) is 16.1. The van der Waals surface area contributed by atoms with E-state index in [0.29, 0.717) is 6.54 Å². The van der Waals surface area contributed by atoms with Crippen molar-refractivity contribution in [1.29, 1.82) is 0 Å². The Kier molecular flexibility index (Phi) is 4.02. The molecule has 2 heterocycles. The molecule has 0 unspecified atom stereocenters. The normalized spacial score (nSPS) is 21.0. The van der Waals surface area contributed by atoms with Crippen molar-refractivity contribution < 1.29 is 14.4 Å². The molecule has 2 rings (SSSR count). The Morgan fingerprint density at radius 1 is 1.24 bits per heavy atom. The number of hydrogen-bond acceptors (Lipinski definition) is 4. The Balaban J connectivity index is 2.29. The molecule has 0 radical (unpaired) electrons. The molecule has 6 heteroatoms. The molecule has 1 aromatic heterocycles. The highest BCUT2D eigenvalue weighted by Gasteiger charge is 2.52. The molecule has 1 N–H and O–H groups in total. The average molecular weight is 294 g/mol. The standard InChI is InChI=1S/C15H27BN2O3/c1-8-12-11(9-18(17-12)10-13(2,3)19)16-20-14(4,5)15(6,7)21-16/h9,19H,8,10H2,1-7H3. The Morgan fingerprint density at radius 3 is 2.19 bits per heavy atom. The van der Waals surface area contributed by atoms with E-state index in [1.54, 1.807) is 18.5 Å². The van der Waals surface area contributed by atoms with E-state index in [9.17, 15) is 5.11 Å². The molecule has 0 bridgehead atoms. The van der Waals surface area contributed by atoms with E-state index in [-0.39, 0.29) is 11.2 Å². The van der Waals surface area contributed by atoms with Gasteiger partial charge in [0.1, 0.15) is 0 Å². The SMILES string of the molecule is CCc1nn(CC(C)(C)O)cc1B1OC(C)(C)C(C)(C)O1. The largest absolute Gasteiger partial charge is 0.498 e. The van der Waals surface area contributed by atoms with Crippen LogP contribution in [0, 0.1) is 0 Å². The van der Waals surface area contributed by atoms with Crippen LogP contribution in [0.4, 0.5) is 0 Å². The zero-order valence-corrected chi connectivity index (χ0v) is 14.2. The van der Waals surface area contributed by atoms with Gasteiger partial charge in [0.15, 0.2) is 0 Å². The van der Waals surface area contributed by atoms with Crippen molar-refractivity contribution in [3.8, 4) is 0 Å². The van der Waals surface area contributed by atoms with Crippen LogP contribution in [0.3, 0.4) is 0 Å². The van der Waals surface area contributed by atoms with Gasteiger partial charge < -0.3 is 14.4 Å². The first-order valence-electron chi connectivity index (χ1n) is 7.59. The molecule has 0 amide bonds. The van der Waals surface area contributed by atoms with Crippen LogP contribution in [0.1, 0.15) is 54.2 Å². The van der Waals surface area contributed by atoms with Crippen molar-refractivity contribution in [3.63, 3.8) is 0 Å². The summed E-state index contributed by atoms with van der Waals surface area (Å²) in [5.74, 6) is 0. The van der Waals surface area contributed by atoms with Crippen LogP contribution < -0.4 is 5.46 Å². The first kappa shape index (κ1) is 16.5. The first-order valence-corrected chi connectivity index (χ1v) is 7.59. The molecule has 1 aliphatic heterocycles. The summed E-state index contributed by atoms with van der Waals surface area (Å²) in [6.07, 6.45) is 2.73. The number of aryl methyl sites for hydroxylation is 1. The van der Waals surface area contributed by atoms with Gasteiger partial charge >= 0.3 is 7.12 Å². The van der Waals surface area contributed by atoms with Crippen molar-refractivity contribution in [2.75, 3.05) is 0 Å². The third kappa shape index (κ3) is 3.33. The Labute approximate surface area is 127 Å². The lowest BCUT2D eigenvalue weighted by molar-refractivity contribution is 0.00578. The summed E-state index contributed by atoms with van der Waals surface area (Å²) >= 11 is 0. The van der Waals surface area contributed by atoms with Crippen LogP contribution in [0.2, 0.25) is 0 Å². The van der Waals surface area contributed by atoms with Crippen LogP contribution in [-0.2, 0) is 22.3 Å². The van der Waals surface area contributed by atoms with Gasteiger partial charge in [-0.3, -0.25) is 4.68 Å². The monoisotopic (exact) mass is 294 g/mol. The van der Waals surface area contributed by atoms with Gasteiger partial charge in [-0.15, -0.1) is 0 Å². The summed E-state index contributed by atoms with van der Waals surface area (Å²) in [6.45, 7) is 14.2. The third-order valence-corrected chi connectivity index (χ3v) is 4.26. The molecule has 1 aliphatic rings. The fourth-order valence-electron chi connectivity index (χ4n) is 2.40. The molecular formula is C15H27BN2O3. The highest BCUT2D eigenvalue weighted by atomic mass is 16.7. The van der Waals surface area contributed by atoms with Gasteiger partial charge in [0, 0.05) is 11.7 Å². The fraction of sp³-hybridized carbons (Fsp3) is 0.800. The maximum absolute atomic E-state index is 9.95. The zero-order valence-electron chi connectivity index (χ0n) is 14.2. The number of nitrogens with zero attached hydrogens (tertiary/aromatic N) is 2. The molecular weight excluding hydrogens is 267 g/mol. The van der Waals surface area contributed by atoms with E-state index in [1.807, 2.05) is 33.9 Å². The Morgan fingerprint density at radius 2 is 1.76 bits per heavy atom. The van der Waals surface area contributed by atoms with E-state index >= 15 is 0 Å². The van der Waals surface area contributed by atoms with Gasteiger partial charge in [-0.1, -0.05) is 6.92 Å². The molecule has 1 aromatic rings. The summed E-state index contributed by atoms with van der Waals surface area (Å²) in [5, 5.41) is 14.5. The van der Waals surface area contributed by atoms with E-state index in [0.717, 1.165) is 17.6 Å².